The standard InChI is InChI=1S/C15H23NO/c1-12-4-6-13(7-5-12)11-14(16)8-9-15-3-2-10-17-15/h4-7,14-15H,2-3,8-11,16H2,1H3. The van der Waals surface area contributed by atoms with E-state index < -0.39 is 0 Å². The maximum atomic E-state index is 6.17. The Morgan fingerprint density at radius 2 is 2.12 bits per heavy atom. The average molecular weight is 233 g/mol. The predicted molar refractivity (Wildman–Crippen MR) is 71.1 cm³/mol. The van der Waals surface area contributed by atoms with Gasteiger partial charge in [0.2, 0.25) is 0 Å². The Morgan fingerprint density at radius 1 is 1.35 bits per heavy atom. The Labute approximate surface area is 104 Å². The summed E-state index contributed by atoms with van der Waals surface area (Å²) in [5.41, 5.74) is 8.82. The van der Waals surface area contributed by atoms with Gasteiger partial charge in [-0.25, -0.2) is 0 Å². The second-order valence-electron chi connectivity index (χ2n) is 5.16. The zero-order valence-electron chi connectivity index (χ0n) is 10.7. The zero-order valence-corrected chi connectivity index (χ0v) is 10.7. The number of hydrogen-bond donors (Lipinski definition) is 1. The maximum absolute atomic E-state index is 6.17. The molecular weight excluding hydrogens is 210 g/mol. The van der Waals surface area contributed by atoms with E-state index in [2.05, 4.69) is 31.2 Å². The Morgan fingerprint density at radius 3 is 2.76 bits per heavy atom. The van der Waals surface area contributed by atoms with Crippen molar-refractivity contribution in [3.05, 3.63) is 35.4 Å². The van der Waals surface area contributed by atoms with Gasteiger partial charge in [0, 0.05) is 12.6 Å². The molecule has 0 amide bonds. The van der Waals surface area contributed by atoms with Crippen molar-refractivity contribution < 1.29 is 4.74 Å². The van der Waals surface area contributed by atoms with Crippen LogP contribution in [0.3, 0.4) is 0 Å². The molecule has 0 saturated carbocycles. The first-order valence-corrected chi connectivity index (χ1v) is 6.67. The zero-order chi connectivity index (χ0) is 12.1. The van der Waals surface area contributed by atoms with Gasteiger partial charge >= 0.3 is 0 Å². The van der Waals surface area contributed by atoms with Gasteiger partial charge in [-0.3, -0.25) is 0 Å². The summed E-state index contributed by atoms with van der Waals surface area (Å²) in [5.74, 6) is 0. The normalized spacial score (nSPS) is 21.6. The Kier molecular flexibility index (Phi) is 4.57. The lowest BCUT2D eigenvalue weighted by atomic mass is 9.99. The molecule has 0 aliphatic carbocycles. The van der Waals surface area contributed by atoms with Crippen molar-refractivity contribution in [3.8, 4) is 0 Å². The van der Waals surface area contributed by atoms with Crippen LogP contribution in [0.2, 0.25) is 0 Å². The molecule has 0 radical (unpaired) electrons. The summed E-state index contributed by atoms with van der Waals surface area (Å²) in [6.07, 6.45) is 6.08. The second kappa shape index (κ2) is 6.18. The monoisotopic (exact) mass is 233 g/mol. The van der Waals surface area contributed by atoms with Gasteiger partial charge in [0.1, 0.15) is 0 Å². The van der Waals surface area contributed by atoms with Crippen molar-refractivity contribution in [1.29, 1.82) is 0 Å². The van der Waals surface area contributed by atoms with Crippen LogP contribution in [0.25, 0.3) is 0 Å². The summed E-state index contributed by atoms with van der Waals surface area (Å²) in [6.45, 7) is 3.05. The van der Waals surface area contributed by atoms with Gasteiger partial charge in [-0.15, -0.1) is 0 Å². The molecule has 2 unspecified atom stereocenters. The summed E-state index contributed by atoms with van der Waals surface area (Å²) >= 11 is 0. The van der Waals surface area contributed by atoms with E-state index in [0.717, 1.165) is 25.9 Å². The van der Waals surface area contributed by atoms with Gasteiger partial charge in [0.15, 0.2) is 0 Å². The number of ether oxygens (including phenoxy) is 1. The van der Waals surface area contributed by atoms with Crippen LogP contribution in [-0.2, 0) is 11.2 Å². The molecule has 1 aliphatic rings. The van der Waals surface area contributed by atoms with E-state index in [1.165, 1.54) is 24.0 Å². The minimum Gasteiger partial charge on any atom is -0.378 e. The summed E-state index contributed by atoms with van der Waals surface area (Å²) in [6, 6.07) is 8.94. The predicted octanol–water partition coefficient (Wildman–Crippen LogP) is 2.82. The van der Waals surface area contributed by atoms with E-state index >= 15 is 0 Å². The van der Waals surface area contributed by atoms with Crippen LogP contribution in [0.15, 0.2) is 24.3 Å². The van der Waals surface area contributed by atoms with Crippen LogP contribution in [0.4, 0.5) is 0 Å². The van der Waals surface area contributed by atoms with E-state index in [4.69, 9.17) is 10.5 Å². The van der Waals surface area contributed by atoms with E-state index in [-0.39, 0.29) is 6.04 Å². The summed E-state index contributed by atoms with van der Waals surface area (Å²) in [5, 5.41) is 0. The van der Waals surface area contributed by atoms with Crippen molar-refractivity contribution in [3.63, 3.8) is 0 Å². The highest BCUT2D eigenvalue weighted by Gasteiger charge is 2.16. The number of nitrogens with two attached hydrogens (primary N) is 1. The number of benzene rings is 1. The van der Waals surface area contributed by atoms with Gasteiger partial charge < -0.3 is 10.5 Å². The summed E-state index contributed by atoms with van der Waals surface area (Å²) < 4.78 is 5.61. The van der Waals surface area contributed by atoms with Crippen molar-refractivity contribution >= 4 is 0 Å². The Balaban J connectivity index is 1.72. The van der Waals surface area contributed by atoms with Crippen LogP contribution in [0.5, 0.6) is 0 Å². The van der Waals surface area contributed by atoms with E-state index in [0.29, 0.717) is 6.10 Å². The number of aryl methyl sites for hydroxylation is 1. The van der Waals surface area contributed by atoms with Crippen molar-refractivity contribution in [2.75, 3.05) is 6.61 Å². The highest BCUT2D eigenvalue weighted by Crippen LogP contribution is 2.18. The van der Waals surface area contributed by atoms with E-state index in [1.54, 1.807) is 0 Å². The third kappa shape index (κ3) is 4.14. The molecule has 94 valence electrons. The average Bonchev–Trinajstić information content (AvgIpc) is 2.83. The summed E-state index contributed by atoms with van der Waals surface area (Å²) in [4.78, 5) is 0. The van der Waals surface area contributed by atoms with Gasteiger partial charge in [-0.1, -0.05) is 29.8 Å². The first kappa shape index (κ1) is 12.6. The van der Waals surface area contributed by atoms with Gasteiger partial charge in [0.25, 0.3) is 0 Å². The van der Waals surface area contributed by atoms with E-state index in [1.807, 2.05) is 0 Å². The lowest BCUT2D eigenvalue weighted by molar-refractivity contribution is 0.101. The smallest absolute Gasteiger partial charge is 0.0576 e. The van der Waals surface area contributed by atoms with Gasteiger partial charge in [-0.2, -0.15) is 0 Å². The van der Waals surface area contributed by atoms with Gasteiger partial charge in [0.05, 0.1) is 6.10 Å². The highest BCUT2D eigenvalue weighted by molar-refractivity contribution is 5.21. The lowest BCUT2D eigenvalue weighted by Crippen LogP contribution is -2.24. The molecule has 0 aromatic heterocycles. The van der Waals surface area contributed by atoms with Crippen LogP contribution >= 0.6 is 0 Å². The minimum absolute atomic E-state index is 0.266. The molecule has 1 aromatic carbocycles. The molecule has 2 nitrogen and oxygen atoms in total. The van der Waals surface area contributed by atoms with Gasteiger partial charge in [-0.05, 0) is 44.6 Å². The molecule has 0 spiro atoms. The SMILES string of the molecule is Cc1ccc(CC(N)CCC2CCCO2)cc1. The molecule has 1 saturated heterocycles. The molecule has 0 bridgehead atoms. The molecule has 2 heteroatoms. The molecule has 17 heavy (non-hydrogen) atoms. The highest BCUT2D eigenvalue weighted by atomic mass is 16.5. The molecule has 1 aliphatic heterocycles. The molecule has 1 aromatic rings. The lowest BCUT2D eigenvalue weighted by Gasteiger charge is -2.14. The Hall–Kier alpha value is -0.860. The molecule has 1 heterocycles. The molecule has 2 atom stereocenters. The van der Waals surface area contributed by atoms with Crippen LogP contribution in [0.1, 0.15) is 36.8 Å². The van der Waals surface area contributed by atoms with Crippen molar-refractivity contribution in [1.82, 2.24) is 0 Å². The van der Waals surface area contributed by atoms with E-state index in [9.17, 15) is 0 Å². The number of rotatable bonds is 5. The number of hydrogen-bond acceptors (Lipinski definition) is 2. The molecule has 2 rings (SSSR count). The molecule has 2 N–H and O–H groups in total. The maximum Gasteiger partial charge on any atom is 0.0576 e. The Bertz CT molecular complexity index is 327. The second-order valence-corrected chi connectivity index (χ2v) is 5.16. The molecular formula is C15H23NO. The minimum atomic E-state index is 0.266. The first-order valence-electron chi connectivity index (χ1n) is 6.67. The third-order valence-electron chi connectivity index (χ3n) is 3.50. The fourth-order valence-electron chi connectivity index (χ4n) is 2.40. The fraction of sp³-hybridized carbons (Fsp3) is 0.600. The quantitative estimate of drug-likeness (QED) is 0.848. The largest absolute Gasteiger partial charge is 0.378 e. The summed E-state index contributed by atoms with van der Waals surface area (Å²) in [7, 11) is 0. The third-order valence-corrected chi connectivity index (χ3v) is 3.50. The first-order chi connectivity index (χ1) is 8.24. The topological polar surface area (TPSA) is 35.2 Å². The van der Waals surface area contributed by atoms with Crippen LogP contribution in [0, 0.1) is 6.92 Å². The van der Waals surface area contributed by atoms with Crippen molar-refractivity contribution in [2.45, 2.75) is 51.2 Å². The van der Waals surface area contributed by atoms with Crippen LogP contribution < -0.4 is 5.73 Å². The van der Waals surface area contributed by atoms with Crippen molar-refractivity contribution in [2.24, 2.45) is 5.73 Å². The van der Waals surface area contributed by atoms with Crippen LogP contribution in [-0.4, -0.2) is 18.8 Å². The molecule has 1 fully saturated rings. The fourth-order valence-corrected chi connectivity index (χ4v) is 2.40.